The third kappa shape index (κ3) is 7.49. The molecule has 1 aromatic rings. The fraction of sp³-hybridized carbons (Fsp3) is 0.676. The van der Waals surface area contributed by atoms with Gasteiger partial charge in [0.2, 0.25) is 17.6 Å². The van der Waals surface area contributed by atoms with Crippen LogP contribution in [0.2, 0.25) is 0 Å². The summed E-state index contributed by atoms with van der Waals surface area (Å²) >= 11 is 0. The molecule has 47 heavy (non-hydrogen) atoms. The van der Waals surface area contributed by atoms with Gasteiger partial charge in [-0.2, -0.15) is 0 Å². The zero-order chi connectivity index (χ0) is 34.5. The van der Waals surface area contributed by atoms with Gasteiger partial charge in [0.1, 0.15) is 12.1 Å². The van der Waals surface area contributed by atoms with Crippen molar-refractivity contribution in [3.8, 4) is 0 Å². The maximum Gasteiger partial charge on any atom is 0.315 e. The van der Waals surface area contributed by atoms with E-state index in [2.05, 4.69) is 16.0 Å². The number of likely N-dealkylation sites (tertiary alicyclic amines) is 1. The standard InChI is InChI=1S/C34H49N5O7S/c1-33(2,3)28(38-32(44)37-23-13-9-10-20(23)18-47(45,46)21-11-7-6-8-12-21)31(43)39-17-22-25(34(22,4)5)26(39)30(42)36-24(16-19-14-15-19)27(40)29(35)41/h6-8,11-12,19-20,22-26,28H,9-10,13-18H2,1-5H3,(H2,35,41)(H,36,42)(H2,37,38,44)/t20?,22?,23?,24?,25-,26-,28+/m0/s1. The Labute approximate surface area is 277 Å². The summed E-state index contributed by atoms with van der Waals surface area (Å²) in [5, 5.41) is 8.56. The molecule has 4 aliphatic rings. The van der Waals surface area contributed by atoms with Crippen molar-refractivity contribution >= 4 is 39.4 Å². The summed E-state index contributed by atoms with van der Waals surface area (Å²) in [7, 11) is -3.55. The highest BCUT2D eigenvalue weighted by Crippen LogP contribution is 2.65. The van der Waals surface area contributed by atoms with Crippen molar-refractivity contribution in [3.05, 3.63) is 30.3 Å². The highest BCUT2D eigenvalue weighted by molar-refractivity contribution is 7.91. The van der Waals surface area contributed by atoms with E-state index in [1.807, 2.05) is 34.6 Å². The molecule has 4 unspecified atom stereocenters. The monoisotopic (exact) mass is 671 g/mol. The van der Waals surface area contributed by atoms with E-state index < -0.39 is 62.9 Å². The molecular weight excluding hydrogens is 622 g/mol. The van der Waals surface area contributed by atoms with E-state index >= 15 is 0 Å². The molecule has 4 fully saturated rings. The van der Waals surface area contributed by atoms with Gasteiger partial charge in [0.15, 0.2) is 9.84 Å². The highest BCUT2D eigenvalue weighted by atomic mass is 32.2. The van der Waals surface area contributed by atoms with Gasteiger partial charge >= 0.3 is 6.03 Å². The van der Waals surface area contributed by atoms with Crippen LogP contribution in [0.1, 0.15) is 73.1 Å². The summed E-state index contributed by atoms with van der Waals surface area (Å²) in [5.74, 6) is -3.07. The summed E-state index contributed by atoms with van der Waals surface area (Å²) in [5.41, 5.74) is 4.36. The van der Waals surface area contributed by atoms with E-state index in [1.165, 1.54) is 4.90 Å². The van der Waals surface area contributed by atoms with Crippen molar-refractivity contribution in [1.82, 2.24) is 20.9 Å². The van der Waals surface area contributed by atoms with E-state index in [0.717, 1.165) is 19.3 Å². The first-order valence-corrected chi connectivity index (χ1v) is 18.4. The molecule has 1 aliphatic heterocycles. The number of rotatable bonds is 12. The van der Waals surface area contributed by atoms with Gasteiger partial charge in [-0.05, 0) is 65.9 Å². The fourth-order valence-electron chi connectivity index (χ4n) is 7.75. The van der Waals surface area contributed by atoms with Gasteiger partial charge in [0.05, 0.1) is 16.7 Å². The SMILES string of the molecule is CC(C)(C)[C@H](NC(=O)NC1CCCC1CS(=O)(=O)c1ccccc1)C(=O)N1CC2[C@@H]([C@H]1C(=O)NC(CC1CC1)C(=O)C(N)=O)C2(C)C. The number of amides is 5. The van der Waals surface area contributed by atoms with Crippen molar-refractivity contribution in [1.29, 1.82) is 0 Å². The van der Waals surface area contributed by atoms with E-state index in [9.17, 15) is 32.4 Å². The summed E-state index contributed by atoms with van der Waals surface area (Å²) in [6, 6.07) is 4.39. The molecule has 1 saturated heterocycles. The first-order chi connectivity index (χ1) is 21.9. The fourth-order valence-corrected chi connectivity index (χ4v) is 9.48. The van der Waals surface area contributed by atoms with Crippen molar-refractivity contribution in [2.45, 2.75) is 102 Å². The molecule has 0 radical (unpaired) electrons. The Kier molecular flexibility index (Phi) is 9.53. The van der Waals surface area contributed by atoms with Crippen LogP contribution in [0.4, 0.5) is 4.79 Å². The van der Waals surface area contributed by atoms with Crippen molar-refractivity contribution in [2.24, 2.45) is 40.2 Å². The third-order valence-corrected chi connectivity index (χ3v) is 12.7. The second-order valence-electron chi connectivity index (χ2n) is 15.7. The van der Waals surface area contributed by atoms with Gasteiger partial charge in [0.25, 0.3) is 5.91 Å². The van der Waals surface area contributed by atoms with Gasteiger partial charge in [-0.25, -0.2) is 13.2 Å². The Hall–Kier alpha value is -3.48. The van der Waals surface area contributed by atoms with Crippen LogP contribution in [0, 0.1) is 34.5 Å². The van der Waals surface area contributed by atoms with Crippen LogP contribution in [0.5, 0.6) is 0 Å². The van der Waals surface area contributed by atoms with Crippen LogP contribution in [0.3, 0.4) is 0 Å². The Bertz CT molecular complexity index is 1520. The van der Waals surface area contributed by atoms with Crippen LogP contribution in [0.15, 0.2) is 35.2 Å². The molecule has 5 rings (SSSR count). The third-order valence-electron chi connectivity index (χ3n) is 10.8. The second kappa shape index (κ2) is 12.9. The maximum absolute atomic E-state index is 14.3. The first kappa shape index (κ1) is 34.8. The van der Waals surface area contributed by atoms with Crippen LogP contribution in [-0.4, -0.2) is 79.3 Å². The Balaban J connectivity index is 1.28. The van der Waals surface area contributed by atoms with Crippen LogP contribution in [0.25, 0.3) is 0 Å². The number of benzene rings is 1. The number of sulfone groups is 1. The van der Waals surface area contributed by atoms with Crippen LogP contribution in [-0.2, 0) is 29.0 Å². The lowest BCUT2D eigenvalue weighted by Crippen LogP contribution is -2.62. The molecule has 0 aromatic heterocycles. The zero-order valence-electron chi connectivity index (χ0n) is 28.0. The Morgan fingerprint density at radius 1 is 1.00 bits per heavy atom. The normalized spacial score (nSPS) is 27.7. The number of nitrogens with one attached hydrogen (secondary N) is 3. The van der Waals surface area contributed by atoms with Crippen molar-refractivity contribution in [3.63, 3.8) is 0 Å². The van der Waals surface area contributed by atoms with Gasteiger partial charge in [0, 0.05) is 12.6 Å². The quantitative estimate of drug-likeness (QED) is 0.245. The molecule has 0 spiro atoms. The molecule has 13 heteroatoms. The van der Waals surface area contributed by atoms with E-state index in [4.69, 9.17) is 5.73 Å². The number of nitrogens with zero attached hydrogens (tertiary/aromatic N) is 1. The van der Waals surface area contributed by atoms with Crippen molar-refractivity contribution < 1.29 is 32.4 Å². The Morgan fingerprint density at radius 3 is 2.26 bits per heavy atom. The molecule has 0 bridgehead atoms. The summed E-state index contributed by atoms with van der Waals surface area (Å²) in [4.78, 5) is 67.7. The topological polar surface area (TPSA) is 185 Å². The van der Waals surface area contributed by atoms with Crippen LogP contribution >= 0.6 is 0 Å². The summed E-state index contributed by atoms with van der Waals surface area (Å²) < 4.78 is 26.1. The van der Waals surface area contributed by atoms with Crippen LogP contribution < -0.4 is 21.7 Å². The number of carbonyl (C=O) groups is 5. The molecule has 3 aliphatic carbocycles. The predicted octanol–water partition coefficient (Wildman–Crippen LogP) is 2.17. The van der Waals surface area contributed by atoms with E-state index in [0.29, 0.717) is 25.8 Å². The minimum atomic E-state index is -3.55. The number of hydrogen-bond acceptors (Lipinski definition) is 7. The smallest absolute Gasteiger partial charge is 0.315 e. The minimum absolute atomic E-state index is 0.0659. The lowest BCUT2D eigenvalue weighted by atomic mass is 9.85. The molecular formula is C34H49N5O7S. The van der Waals surface area contributed by atoms with Gasteiger partial charge in [-0.15, -0.1) is 0 Å². The lowest BCUT2D eigenvalue weighted by molar-refractivity contribution is -0.145. The molecule has 3 saturated carbocycles. The molecule has 1 heterocycles. The zero-order valence-corrected chi connectivity index (χ0v) is 28.8. The molecule has 5 N–H and O–H groups in total. The number of primary amides is 1. The minimum Gasteiger partial charge on any atom is -0.363 e. The largest absolute Gasteiger partial charge is 0.363 e. The van der Waals surface area contributed by atoms with E-state index in [1.54, 1.807) is 30.3 Å². The number of Topliss-reactive ketones (excluding diaryl/α,β-unsaturated/α-hetero) is 1. The highest BCUT2D eigenvalue weighted by Gasteiger charge is 2.70. The summed E-state index contributed by atoms with van der Waals surface area (Å²) in [6.07, 6.45) is 4.19. The number of nitrogens with two attached hydrogens (primary N) is 1. The number of hydrogen-bond donors (Lipinski definition) is 4. The number of fused-ring (bicyclic) bond motifs is 1. The molecule has 1 aromatic carbocycles. The first-order valence-electron chi connectivity index (χ1n) is 16.7. The van der Waals surface area contributed by atoms with Gasteiger partial charge in [-0.1, -0.05) is 72.1 Å². The molecule has 5 amide bonds. The number of urea groups is 1. The molecule has 7 atom stereocenters. The van der Waals surface area contributed by atoms with E-state index in [-0.39, 0.29) is 45.8 Å². The average molecular weight is 672 g/mol. The lowest BCUT2D eigenvalue weighted by Gasteiger charge is -2.38. The number of ketones is 1. The molecule has 258 valence electrons. The Morgan fingerprint density at radius 2 is 1.66 bits per heavy atom. The maximum atomic E-state index is 14.3. The molecule has 12 nitrogen and oxygen atoms in total. The van der Waals surface area contributed by atoms with Gasteiger partial charge in [-0.3, -0.25) is 19.2 Å². The number of piperidine rings is 1. The number of carbonyl (C=O) groups excluding carboxylic acids is 5. The second-order valence-corrected chi connectivity index (χ2v) is 17.7. The van der Waals surface area contributed by atoms with Crippen molar-refractivity contribution in [2.75, 3.05) is 12.3 Å². The summed E-state index contributed by atoms with van der Waals surface area (Å²) in [6.45, 7) is 9.89. The average Bonchev–Trinajstić information content (AvgIpc) is 3.76. The predicted molar refractivity (Wildman–Crippen MR) is 174 cm³/mol. The van der Waals surface area contributed by atoms with Gasteiger partial charge < -0.3 is 26.6 Å².